The number of benzene rings is 1. The molecular weight excluding hydrogens is 288 g/mol. The number of esters is 1. The third kappa shape index (κ3) is 7.17. The van der Waals surface area contributed by atoms with Crippen LogP contribution < -0.4 is 0 Å². The molecule has 1 aliphatic heterocycles. The molecule has 2 rings (SSSR count). The Hall–Kier alpha value is -1.35. The van der Waals surface area contributed by atoms with Crippen molar-refractivity contribution in [2.75, 3.05) is 13.2 Å². The highest BCUT2D eigenvalue weighted by Gasteiger charge is 2.25. The molecule has 1 unspecified atom stereocenters. The quantitative estimate of drug-likeness (QED) is 0.312. The minimum Gasteiger partial charge on any atom is -0.459 e. The predicted octanol–water partition coefficient (Wildman–Crippen LogP) is 4.93. The van der Waals surface area contributed by atoms with E-state index in [2.05, 4.69) is 6.92 Å². The van der Waals surface area contributed by atoms with Gasteiger partial charge in [-0.25, -0.2) is 4.79 Å². The van der Waals surface area contributed by atoms with Gasteiger partial charge in [0.2, 0.25) is 0 Å². The summed E-state index contributed by atoms with van der Waals surface area (Å²) < 4.78 is 10.4. The van der Waals surface area contributed by atoms with E-state index in [1.54, 1.807) is 0 Å². The molecule has 0 bridgehead atoms. The van der Waals surface area contributed by atoms with E-state index in [1.165, 1.54) is 44.9 Å². The molecule has 1 aromatic carbocycles. The number of epoxide rings is 1. The normalized spacial score (nSPS) is 16.3. The molecule has 23 heavy (non-hydrogen) atoms. The fourth-order valence-electron chi connectivity index (χ4n) is 2.80. The van der Waals surface area contributed by atoms with Crippen LogP contribution in [0.25, 0.3) is 0 Å². The molecule has 0 aliphatic carbocycles. The van der Waals surface area contributed by atoms with Crippen LogP contribution in [0.15, 0.2) is 24.3 Å². The van der Waals surface area contributed by atoms with Crippen molar-refractivity contribution in [1.82, 2.24) is 0 Å². The lowest BCUT2D eigenvalue weighted by Crippen LogP contribution is -2.12. The van der Waals surface area contributed by atoms with Gasteiger partial charge in [0.25, 0.3) is 0 Å². The highest BCUT2D eigenvalue weighted by molar-refractivity contribution is 5.91. The van der Waals surface area contributed by atoms with Gasteiger partial charge in [0, 0.05) is 0 Å². The summed E-state index contributed by atoms with van der Waals surface area (Å²) in [6, 6.07) is 7.82. The number of ether oxygens (including phenoxy) is 2. The summed E-state index contributed by atoms with van der Waals surface area (Å²) in [6.45, 7) is 3.35. The summed E-state index contributed by atoms with van der Waals surface area (Å²) in [7, 11) is 0. The molecule has 1 saturated heterocycles. The summed E-state index contributed by atoms with van der Waals surface area (Å²) in [4.78, 5) is 12.2. The Morgan fingerprint density at radius 2 is 1.74 bits per heavy atom. The first kappa shape index (κ1) is 18.0. The van der Waals surface area contributed by atoms with Gasteiger partial charge in [-0.3, -0.25) is 0 Å². The SMILES string of the molecule is CCCCCCCCCCc1ccccc1C(=O)OCC1CO1. The Morgan fingerprint density at radius 1 is 1.09 bits per heavy atom. The Morgan fingerprint density at radius 3 is 2.43 bits per heavy atom. The Labute approximate surface area is 140 Å². The minimum absolute atomic E-state index is 0.124. The van der Waals surface area contributed by atoms with Crippen molar-refractivity contribution in [1.29, 1.82) is 0 Å². The number of hydrogen-bond acceptors (Lipinski definition) is 3. The second-order valence-corrected chi connectivity index (χ2v) is 6.44. The second-order valence-electron chi connectivity index (χ2n) is 6.44. The van der Waals surface area contributed by atoms with Crippen LogP contribution in [0.5, 0.6) is 0 Å². The zero-order chi connectivity index (χ0) is 16.3. The van der Waals surface area contributed by atoms with Crippen molar-refractivity contribution in [2.24, 2.45) is 0 Å². The molecule has 0 amide bonds. The molecular formula is C20H30O3. The Balaban J connectivity index is 1.66. The highest BCUT2D eigenvalue weighted by atomic mass is 16.6. The van der Waals surface area contributed by atoms with Crippen LogP contribution in [-0.4, -0.2) is 25.3 Å². The number of carbonyl (C=O) groups is 1. The first-order chi connectivity index (χ1) is 11.3. The van der Waals surface area contributed by atoms with Crippen LogP contribution in [0.4, 0.5) is 0 Å². The topological polar surface area (TPSA) is 38.8 Å². The van der Waals surface area contributed by atoms with E-state index in [1.807, 2.05) is 24.3 Å². The van der Waals surface area contributed by atoms with Crippen molar-refractivity contribution in [3.05, 3.63) is 35.4 Å². The molecule has 1 atom stereocenters. The molecule has 3 heteroatoms. The first-order valence-corrected chi connectivity index (χ1v) is 9.18. The van der Waals surface area contributed by atoms with E-state index < -0.39 is 0 Å². The van der Waals surface area contributed by atoms with E-state index >= 15 is 0 Å². The largest absolute Gasteiger partial charge is 0.459 e. The number of unbranched alkanes of at least 4 members (excludes halogenated alkanes) is 7. The maximum absolute atomic E-state index is 12.2. The van der Waals surface area contributed by atoms with Crippen molar-refractivity contribution in [3.63, 3.8) is 0 Å². The maximum atomic E-state index is 12.2. The smallest absolute Gasteiger partial charge is 0.338 e. The standard InChI is InChI=1S/C20H30O3/c1-2-3-4-5-6-7-8-9-12-17-13-10-11-14-19(17)20(21)23-16-18-15-22-18/h10-11,13-14,18H,2-9,12,15-16H2,1H3. The lowest BCUT2D eigenvalue weighted by atomic mass is 10.00. The van der Waals surface area contributed by atoms with Crippen LogP contribution in [-0.2, 0) is 15.9 Å². The lowest BCUT2D eigenvalue weighted by molar-refractivity contribution is 0.0475. The number of rotatable bonds is 12. The molecule has 0 aromatic heterocycles. The van der Waals surface area contributed by atoms with Crippen molar-refractivity contribution in [3.8, 4) is 0 Å². The van der Waals surface area contributed by atoms with Crippen molar-refractivity contribution >= 4 is 5.97 Å². The molecule has 0 saturated carbocycles. The zero-order valence-corrected chi connectivity index (χ0v) is 14.4. The van der Waals surface area contributed by atoms with Gasteiger partial charge in [0.15, 0.2) is 0 Å². The first-order valence-electron chi connectivity index (χ1n) is 9.18. The molecule has 0 radical (unpaired) electrons. The highest BCUT2D eigenvalue weighted by Crippen LogP contribution is 2.17. The molecule has 1 heterocycles. The van der Waals surface area contributed by atoms with Gasteiger partial charge in [0.1, 0.15) is 12.7 Å². The van der Waals surface area contributed by atoms with Gasteiger partial charge in [-0.05, 0) is 24.5 Å². The Kier molecular flexibility index (Phi) is 8.16. The molecule has 1 aromatic rings. The van der Waals surface area contributed by atoms with Gasteiger partial charge in [-0.2, -0.15) is 0 Å². The van der Waals surface area contributed by atoms with E-state index in [-0.39, 0.29) is 12.1 Å². The number of hydrogen-bond donors (Lipinski definition) is 0. The summed E-state index contributed by atoms with van der Waals surface area (Å²) in [5.41, 5.74) is 1.83. The van der Waals surface area contributed by atoms with Gasteiger partial charge in [-0.1, -0.05) is 70.1 Å². The van der Waals surface area contributed by atoms with Crippen LogP contribution >= 0.6 is 0 Å². The fourth-order valence-corrected chi connectivity index (χ4v) is 2.80. The molecule has 0 spiro atoms. The van der Waals surface area contributed by atoms with Gasteiger partial charge in [-0.15, -0.1) is 0 Å². The second kappa shape index (κ2) is 10.4. The Bertz CT molecular complexity index is 466. The summed E-state index contributed by atoms with van der Waals surface area (Å²) in [6.07, 6.45) is 11.5. The van der Waals surface area contributed by atoms with Crippen molar-refractivity contribution < 1.29 is 14.3 Å². The van der Waals surface area contributed by atoms with Crippen LogP contribution in [0, 0.1) is 0 Å². The van der Waals surface area contributed by atoms with E-state index in [0.29, 0.717) is 13.2 Å². The van der Waals surface area contributed by atoms with Gasteiger partial charge < -0.3 is 9.47 Å². The lowest BCUT2D eigenvalue weighted by Gasteiger charge is -2.09. The van der Waals surface area contributed by atoms with E-state index in [9.17, 15) is 4.79 Å². The third-order valence-corrected chi connectivity index (χ3v) is 4.34. The van der Waals surface area contributed by atoms with Crippen LogP contribution in [0.3, 0.4) is 0 Å². The monoisotopic (exact) mass is 318 g/mol. The van der Waals surface area contributed by atoms with E-state index in [4.69, 9.17) is 9.47 Å². The fraction of sp³-hybridized carbons (Fsp3) is 0.650. The number of carbonyl (C=O) groups excluding carboxylic acids is 1. The zero-order valence-electron chi connectivity index (χ0n) is 14.4. The molecule has 3 nitrogen and oxygen atoms in total. The molecule has 128 valence electrons. The number of aryl methyl sites for hydroxylation is 1. The minimum atomic E-state index is -0.212. The maximum Gasteiger partial charge on any atom is 0.338 e. The van der Waals surface area contributed by atoms with Crippen molar-refractivity contribution in [2.45, 2.75) is 70.8 Å². The predicted molar refractivity (Wildman–Crippen MR) is 92.8 cm³/mol. The van der Waals surface area contributed by atoms with Gasteiger partial charge >= 0.3 is 5.97 Å². The average molecular weight is 318 g/mol. The molecule has 0 N–H and O–H groups in total. The summed E-state index contributed by atoms with van der Waals surface area (Å²) in [5, 5.41) is 0. The van der Waals surface area contributed by atoms with Crippen LogP contribution in [0.2, 0.25) is 0 Å². The summed E-state index contributed by atoms with van der Waals surface area (Å²) >= 11 is 0. The molecule has 1 aliphatic rings. The average Bonchev–Trinajstić information content (AvgIpc) is 3.40. The third-order valence-electron chi connectivity index (χ3n) is 4.34. The molecule has 1 fully saturated rings. The summed E-state index contributed by atoms with van der Waals surface area (Å²) in [5.74, 6) is -0.212. The van der Waals surface area contributed by atoms with Gasteiger partial charge in [0.05, 0.1) is 12.2 Å². The van der Waals surface area contributed by atoms with E-state index in [0.717, 1.165) is 24.0 Å². The van der Waals surface area contributed by atoms with Crippen LogP contribution in [0.1, 0.15) is 74.2 Å².